The zero-order valence-electron chi connectivity index (χ0n) is 9.99. The molecule has 0 spiro atoms. The van der Waals surface area contributed by atoms with Gasteiger partial charge in [0.05, 0.1) is 5.25 Å². The lowest BCUT2D eigenvalue weighted by Gasteiger charge is -2.31. The SMILES string of the molecule is O=S1(=O)OC2(OCC(F)(F)S(=O)(=O)[O-])CC3CC2C1C3. The monoisotopic (exact) mass is 333 g/mol. The van der Waals surface area contributed by atoms with E-state index in [1.807, 2.05) is 0 Å². The molecule has 2 saturated carbocycles. The molecule has 11 heteroatoms. The van der Waals surface area contributed by atoms with Crippen LogP contribution in [0.15, 0.2) is 0 Å². The summed E-state index contributed by atoms with van der Waals surface area (Å²) >= 11 is 0. The van der Waals surface area contributed by atoms with Gasteiger partial charge in [-0.2, -0.15) is 17.2 Å². The summed E-state index contributed by atoms with van der Waals surface area (Å²) < 4.78 is 90.6. The van der Waals surface area contributed by atoms with E-state index >= 15 is 0 Å². The lowest BCUT2D eigenvalue weighted by molar-refractivity contribution is -0.216. The highest BCUT2D eigenvalue weighted by molar-refractivity contribution is 7.87. The van der Waals surface area contributed by atoms with E-state index in [2.05, 4.69) is 0 Å². The molecule has 4 atom stereocenters. The molecule has 0 N–H and O–H groups in total. The van der Waals surface area contributed by atoms with E-state index in [9.17, 15) is 30.2 Å². The van der Waals surface area contributed by atoms with Crippen LogP contribution < -0.4 is 0 Å². The Labute approximate surface area is 114 Å². The van der Waals surface area contributed by atoms with Crippen LogP contribution in [-0.4, -0.2) is 44.3 Å². The van der Waals surface area contributed by atoms with Crippen LogP contribution in [0.25, 0.3) is 0 Å². The van der Waals surface area contributed by atoms with E-state index in [0.717, 1.165) is 0 Å². The maximum atomic E-state index is 13.1. The molecule has 0 aromatic rings. The summed E-state index contributed by atoms with van der Waals surface area (Å²) in [5.41, 5.74) is 0. The van der Waals surface area contributed by atoms with Crippen molar-refractivity contribution in [3.63, 3.8) is 0 Å². The maximum absolute atomic E-state index is 13.1. The minimum absolute atomic E-state index is 0.0141. The minimum atomic E-state index is -5.87. The Bertz CT molecular complexity index is 643. The molecule has 20 heavy (non-hydrogen) atoms. The Hall–Kier alpha value is -0.360. The van der Waals surface area contributed by atoms with Crippen molar-refractivity contribution < 1.29 is 39.1 Å². The molecule has 116 valence electrons. The third-order valence-electron chi connectivity index (χ3n) is 4.22. The highest BCUT2D eigenvalue weighted by atomic mass is 32.2. The summed E-state index contributed by atoms with van der Waals surface area (Å²) in [5.74, 6) is -2.33. The molecule has 3 fully saturated rings. The van der Waals surface area contributed by atoms with Crippen LogP contribution in [0.1, 0.15) is 19.3 Å². The second-order valence-corrected chi connectivity index (χ2v) is 8.72. The molecule has 2 aliphatic carbocycles. The molecule has 0 radical (unpaired) electrons. The van der Waals surface area contributed by atoms with E-state index in [1.54, 1.807) is 0 Å². The van der Waals surface area contributed by atoms with Gasteiger partial charge in [0.25, 0.3) is 10.1 Å². The van der Waals surface area contributed by atoms with Crippen LogP contribution in [0.2, 0.25) is 0 Å². The molecule has 7 nitrogen and oxygen atoms in total. The van der Waals surface area contributed by atoms with Crippen LogP contribution in [-0.2, 0) is 29.2 Å². The third kappa shape index (κ3) is 1.90. The number of hydrogen-bond acceptors (Lipinski definition) is 7. The topological polar surface area (TPSA) is 110 Å². The van der Waals surface area contributed by atoms with Gasteiger partial charge in [0.15, 0.2) is 15.9 Å². The van der Waals surface area contributed by atoms with Crippen LogP contribution in [0.4, 0.5) is 8.78 Å². The quantitative estimate of drug-likeness (QED) is 0.526. The van der Waals surface area contributed by atoms with E-state index < -0.39 is 49.1 Å². The zero-order valence-corrected chi connectivity index (χ0v) is 11.6. The Morgan fingerprint density at radius 2 is 2.05 bits per heavy atom. The summed E-state index contributed by atoms with van der Waals surface area (Å²) in [7, 11) is -9.76. The fourth-order valence-corrected chi connectivity index (χ4v) is 5.61. The fourth-order valence-electron chi connectivity index (χ4n) is 3.42. The summed E-state index contributed by atoms with van der Waals surface area (Å²) in [4.78, 5) is 0. The largest absolute Gasteiger partial charge is 0.743 e. The average molecular weight is 333 g/mol. The lowest BCUT2D eigenvalue weighted by Crippen LogP contribution is -2.44. The van der Waals surface area contributed by atoms with E-state index in [-0.39, 0.29) is 12.3 Å². The summed E-state index contributed by atoms with van der Waals surface area (Å²) in [6.07, 6.45) is 0.982. The Balaban J connectivity index is 1.83. The van der Waals surface area contributed by atoms with Crippen molar-refractivity contribution >= 4 is 20.2 Å². The Morgan fingerprint density at radius 3 is 2.60 bits per heavy atom. The highest BCUT2D eigenvalue weighted by Gasteiger charge is 2.69. The summed E-state index contributed by atoms with van der Waals surface area (Å²) in [6, 6.07) is 0. The number of alkyl halides is 2. The number of hydrogen-bond donors (Lipinski definition) is 0. The van der Waals surface area contributed by atoms with Gasteiger partial charge >= 0.3 is 5.25 Å². The van der Waals surface area contributed by atoms with Crippen molar-refractivity contribution in [1.29, 1.82) is 0 Å². The molecule has 4 unspecified atom stereocenters. The third-order valence-corrected chi connectivity index (χ3v) is 6.84. The van der Waals surface area contributed by atoms with Crippen molar-refractivity contribution in [1.82, 2.24) is 0 Å². The van der Waals surface area contributed by atoms with Crippen molar-refractivity contribution in [2.24, 2.45) is 11.8 Å². The molecule has 3 aliphatic rings. The van der Waals surface area contributed by atoms with Crippen LogP contribution >= 0.6 is 0 Å². The Morgan fingerprint density at radius 1 is 1.40 bits per heavy atom. The summed E-state index contributed by atoms with van der Waals surface area (Å²) in [5, 5.41) is -5.41. The molecule has 3 rings (SSSR count). The van der Waals surface area contributed by atoms with E-state index in [1.165, 1.54) is 0 Å². The highest BCUT2D eigenvalue weighted by Crippen LogP contribution is 2.61. The van der Waals surface area contributed by atoms with Crippen LogP contribution in [0.3, 0.4) is 0 Å². The van der Waals surface area contributed by atoms with Crippen LogP contribution in [0, 0.1) is 11.8 Å². The molecule has 1 aliphatic heterocycles. The molecular formula is C9H11F2O7S2-. The average Bonchev–Trinajstić information content (AvgIpc) is 2.84. The van der Waals surface area contributed by atoms with Gasteiger partial charge < -0.3 is 9.29 Å². The predicted molar refractivity (Wildman–Crippen MR) is 58.0 cm³/mol. The first kappa shape index (κ1) is 14.6. The smallest absolute Gasteiger partial charge is 0.357 e. The van der Waals surface area contributed by atoms with Gasteiger partial charge in [-0.1, -0.05) is 0 Å². The standard InChI is InChI=1S/C9H12F2O7S2/c10-9(11,20(14,15)16)4-17-8-3-5-1-6(8)7(2-5)19(12,13)18-8/h5-7H,1-4H2,(H,14,15,16)/p-1. The van der Waals surface area contributed by atoms with Crippen LogP contribution in [0.5, 0.6) is 0 Å². The van der Waals surface area contributed by atoms with Gasteiger partial charge in [-0.3, -0.25) is 0 Å². The second kappa shape index (κ2) is 3.88. The van der Waals surface area contributed by atoms with E-state index in [4.69, 9.17) is 8.92 Å². The number of halogens is 2. The molecule has 0 aromatic heterocycles. The normalized spacial score (nSPS) is 42.2. The molecule has 2 bridgehead atoms. The van der Waals surface area contributed by atoms with Gasteiger partial charge in [-0.05, 0) is 18.8 Å². The van der Waals surface area contributed by atoms with Gasteiger partial charge in [-0.15, -0.1) is 0 Å². The molecule has 0 amide bonds. The summed E-state index contributed by atoms with van der Waals surface area (Å²) in [6.45, 7) is -1.70. The van der Waals surface area contributed by atoms with Gasteiger partial charge in [0.2, 0.25) is 0 Å². The maximum Gasteiger partial charge on any atom is 0.357 e. The van der Waals surface area contributed by atoms with Gasteiger partial charge in [0.1, 0.15) is 6.61 Å². The number of rotatable bonds is 4. The number of fused-ring (bicyclic) bond motifs is 1. The van der Waals surface area contributed by atoms with Crippen molar-refractivity contribution in [3.8, 4) is 0 Å². The predicted octanol–water partition coefficient (Wildman–Crippen LogP) is -0.00420. The Kier molecular flexibility index (Phi) is 2.83. The fraction of sp³-hybridized carbons (Fsp3) is 1.00. The first-order chi connectivity index (χ1) is 8.97. The molecule has 1 heterocycles. The molecular weight excluding hydrogens is 322 g/mol. The van der Waals surface area contributed by atoms with Crippen molar-refractivity contribution in [3.05, 3.63) is 0 Å². The van der Waals surface area contributed by atoms with Gasteiger partial charge in [0, 0.05) is 12.3 Å². The minimum Gasteiger partial charge on any atom is -0.743 e. The van der Waals surface area contributed by atoms with Gasteiger partial charge in [-0.25, -0.2) is 12.6 Å². The second-order valence-electron chi connectivity index (χ2n) is 5.45. The first-order valence-electron chi connectivity index (χ1n) is 5.89. The first-order valence-corrected chi connectivity index (χ1v) is 8.76. The van der Waals surface area contributed by atoms with E-state index in [0.29, 0.717) is 12.8 Å². The van der Waals surface area contributed by atoms with Crippen molar-refractivity contribution in [2.75, 3.05) is 6.61 Å². The lowest BCUT2D eigenvalue weighted by atomic mass is 9.94. The van der Waals surface area contributed by atoms with Crippen molar-refractivity contribution in [2.45, 2.75) is 35.6 Å². The number of ether oxygens (including phenoxy) is 1. The molecule has 0 aromatic carbocycles. The molecule has 1 saturated heterocycles. The zero-order chi connectivity index (χ0) is 15.0.